The second-order valence-corrected chi connectivity index (χ2v) is 6.32. The summed E-state index contributed by atoms with van der Waals surface area (Å²) in [4.78, 5) is 23.0. The smallest absolute Gasteiger partial charge is 0.340 e. The van der Waals surface area contributed by atoms with E-state index in [1.54, 1.807) is 25.3 Å². The first-order chi connectivity index (χ1) is 14.2. The molecule has 2 aromatic heterocycles. The third kappa shape index (κ3) is 4.52. The Morgan fingerprint density at radius 1 is 1.21 bits per heavy atom. The lowest BCUT2D eigenvalue weighted by Crippen LogP contribution is -2.36. The molecule has 0 spiro atoms. The maximum Gasteiger partial charge on any atom is 0.340 e. The van der Waals surface area contributed by atoms with E-state index in [1.165, 1.54) is 6.20 Å². The molecule has 0 radical (unpaired) electrons. The van der Waals surface area contributed by atoms with Crippen LogP contribution in [0.2, 0.25) is 0 Å². The molecule has 0 amide bonds. The number of hydrogen-bond acceptors (Lipinski definition) is 9. The quantitative estimate of drug-likeness (QED) is 0.581. The van der Waals surface area contributed by atoms with Gasteiger partial charge in [-0.3, -0.25) is 0 Å². The van der Waals surface area contributed by atoms with Crippen molar-refractivity contribution in [2.24, 2.45) is 0 Å². The van der Waals surface area contributed by atoms with Crippen LogP contribution in [0.4, 0.5) is 5.82 Å². The highest BCUT2D eigenvalue weighted by Gasteiger charge is 2.16. The largest absolute Gasteiger partial charge is 0.497 e. The highest BCUT2D eigenvalue weighted by atomic mass is 16.6. The fourth-order valence-electron chi connectivity index (χ4n) is 2.89. The number of benzene rings is 1. The monoisotopic (exact) mass is 396 g/mol. The van der Waals surface area contributed by atoms with Crippen molar-refractivity contribution in [3.8, 4) is 17.1 Å². The van der Waals surface area contributed by atoms with Gasteiger partial charge in [-0.15, -0.1) is 0 Å². The summed E-state index contributed by atoms with van der Waals surface area (Å²) in [6.45, 7) is 2.79. The van der Waals surface area contributed by atoms with Gasteiger partial charge in [-0.05, 0) is 24.3 Å². The first-order valence-electron chi connectivity index (χ1n) is 9.16. The van der Waals surface area contributed by atoms with Gasteiger partial charge >= 0.3 is 5.97 Å². The molecule has 1 fully saturated rings. The molecular formula is C20H20N4O5. The van der Waals surface area contributed by atoms with Gasteiger partial charge in [0.1, 0.15) is 11.6 Å². The van der Waals surface area contributed by atoms with Crippen LogP contribution in [-0.2, 0) is 16.1 Å². The molecule has 1 aliphatic heterocycles. The second kappa shape index (κ2) is 8.70. The van der Waals surface area contributed by atoms with Gasteiger partial charge in [0.05, 0.1) is 25.9 Å². The van der Waals surface area contributed by atoms with Crippen molar-refractivity contribution < 1.29 is 23.5 Å². The molecule has 3 aromatic rings. The van der Waals surface area contributed by atoms with Crippen LogP contribution in [0.1, 0.15) is 16.2 Å². The number of hydrogen-bond donors (Lipinski definition) is 0. The number of methoxy groups -OCH3 is 1. The van der Waals surface area contributed by atoms with Crippen molar-refractivity contribution in [1.29, 1.82) is 0 Å². The molecule has 0 saturated carbocycles. The summed E-state index contributed by atoms with van der Waals surface area (Å²) in [5.41, 5.74) is 1.10. The fourth-order valence-corrected chi connectivity index (χ4v) is 2.89. The van der Waals surface area contributed by atoms with E-state index in [-0.39, 0.29) is 12.5 Å². The molecule has 29 heavy (non-hydrogen) atoms. The summed E-state index contributed by atoms with van der Waals surface area (Å²) in [5.74, 6) is 1.59. The van der Waals surface area contributed by atoms with Crippen LogP contribution in [0.15, 0.2) is 47.1 Å². The number of carbonyl (C=O) groups is 1. The van der Waals surface area contributed by atoms with Gasteiger partial charge in [0.2, 0.25) is 5.82 Å². The molecule has 3 heterocycles. The molecule has 1 aromatic carbocycles. The fraction of sp³-hybridized carbons (Fsp3) is 0.300. The Kier molecular flexibility index (Phi) is 5.66. The molecule has 9 heteroatoms. The van der Waals surface area contributed by atoms with Crippen molar-refractivity contribution in [1.82, 2.24) is 15.1 Å². The lowest BCUT2D eigenvalue weighted by atomic mass is 10.2. The van der Waals surface area contributed by atoms with E-state index in [2.05, 4.69) is 20.0 Å². The van der Waals surface area contributed by atoms with Gasteiger partial charge in [0.25, 0.3) is 5.89 Å². The Bertz CT molecular complexity index is 967. The maximum absolute atomic E-state index is 12.3. The second-order valence-electron chi connectivity index (χ2n) is 6.32. The van der Waals surface area contributed by atoms with Crippen LogP contribution in [0.3, 0.4) is 0 Å². The highest BCUT2D eigenvalue weighted by molar-refractivity contribution is 5.89. The first-order valence-corrected chi connectivity index (χ1v) is 9.16. The summed E-state index contributed by atoms with van der Waals surface area (Å²) in [5, 5.41) is 3.91. The van der Waals surface area contributed by atoms with Crippen LogP contribution in [0, 0.1) is 0 Å². The third-order valence-corrected chi connectivity index (χ3v) is 4.44. The lowest BCUT2D eigenvalue weighted by molar-refractivity contribution is 0.0429. The van der Waals surface area contributed by atoms with E-state index in [1.807, 2.05) is 18.2 Å². The molecular weight excluding hydrogens is 376 g/mol. The van der Waals surface area contributed by atoms with Crippen molar-refractivity contribution >= 4 is 11.8 Å². The lowest BCUT2D eigenvalue weighted by Gasteiger charge is -2.27. The molecule has 0 N–H and O–H groups in total. The zero-order valence-corrected chi connectivity index (χ0v) is 15.9. The topological polar surface area (TPSA) is 99.8 Å². The van der Waals surface area contributed by atoms with E-state index >= 15 is 0 Å². The molecule has 1 saturated heterocycles. The van der Waals surface area contributed by atoms with Crippen LogP contribution in [0.5, 0.6) is 5.75 Å². The number of pyridine rings is 1. The molecule has 4 rings (SSSR count). The highest BCUT2D eigenvalue weighted by Crippen LogP contribution is 2.21. The SMILES string of the molecule is COc1cccc(-c2noc(COC(=O)c3ccc(N4CCOCC4)nc3)n2)c1. The zero-order chi connectivity index (χ0) is 20.1. The van der Waals surface area contributed by atoms with E-state index in [4.69, 9.17) is 18.7 Å². The summed E-state index contributed by atoms with van der Waals surface area (Å²) in [6, 6.07) is 10.8. The number of anilines is 1. The minimum Gasteiger partial charge on any atom is -0.497 e. The molecule has 0 aliphatic carbocycles. The minimum absolute atomic E-state index is 0.124. The molecule has 0 unspecified atom stereocenters. The van der Waals surface area contributed by atoms with Crippen LogP contribution in [-0.4, -0.2) is 54.5 Å². The van der Waals surface area contributed by atoms with Gasteiger partial charge in [-0.1, -0.05) is 17.3 Å². The van der Waals surface area contributed by atoms with Crippen molar-refractivity contribution in [2.75, 3.05) is 38.3 Å². The normalized spacial score (nSPS) is 13.9. The predicted molar refractivity (Wildman–Crippen MR) is 103 cm³/mol. The Morgan fingerprint density at radius 3 is 2.83 bits per heavy atom. The number of carbonyl (C=O) groups excluding carboxylic acids is 1. The van der Waals surface area contributed by atoms with E-state index in [0.29, 0.717) is 30.4 Å². The molecule has 0 atom stereocenters. The predicted octanol–water partition coefficient (Wildman–Crippen LogP) is 2.33. The van der Waals surface area contributed by atoms with E-state index in [9.17, 15) is 4.79 Å². The standard InChI is InChI=1S/C20H20N4O5/c1-26-16-4-2-3-14(11-16)19-22-18(29-23-19)13-28-20(25)15-5-6-17(21-12-15)24-7-9-27-10-8-24/h2-6,11-12H,7-10,13H2,1H3. The summed E-state index contributed by atoms with van der Waals surface area (Å²) < 4.78 is 20.9. The number of ether oxygens (including phenoxy) is 3. The summed E-state index contributed by atoms with van der Waals surface area (Å²) >= 11 is 0. The maximum atomic E-state index is 12.3. The molecule has 9 nitrogen and oxygen atoms in total. The summed E-state index contributed by atoms with van der Waals surface area (Å²) in [7, 11) is 1.59. The molecule has 1 aliphatic rings. The van der Waals surface area contributed by atoms with E-state index in [0.717, 1.165) is 24.5 Å². The molecule has 0 bridgehead atoms. The first kappa shape index (κ1) is 18.9. The Balaban J connectivity index is 1.35. The zero-order valence-electron chi connectivity index (χ0n) is 15.9. The average Bonchev–Trinajstić information content (AvgIpc) is 3.27. The van der Waals surface area contributed by atoms with Gasteiger partial charge in [0.15, 0.2) is 6.61 Å². The van der Waals surface area contributed by atoms with Crippen molar-refractivity contribution in [2.45, 2.75) is 6.61 Å². The van der Waals surface area contributed by atoms with Crippen molar-refractivity contribution in [3.05, 3.63) is 54.0 Å². The van der Waals surface area contributed by atoms with E-state index < -0.39 is 5.97 Å². The third-order valence-electron chi connectivity index (χ3n) is 4.44. The van der Waals surface area contributed by atoms with Gasteiger partial charge in [-0.25, -0.2) is 9.78 Å². The number of esters is 1. The van der Waals surface area contributed by atoms with Gasteiger partial charge < -0.3 is 23.6 Å². The Hall–Kier alpha value is -3.46. The number of rotatable bonds is 6. The number of morpholine rings is 1. The Morgan fingerprint density at radius 2 is 2.07 bits per heavy atom. The van der Waals surface area contributed by atoms with Crippen LogP contribution < -0.4 is 9.64 Å². The van der Waals surface area contributed by atoms with Crippen LogP contribution >= 0.6 is 0 Å². The van der Waals surface area contributed by atoms with Crippen molar-refractivity contribution in [3.63, 3.8) is 0 Å². The average molecular weight is 396 g/mol. The van der Waals surface area contributed by atoms with Gasteiger partial charge in [-0.2, -0.15) is 4.98 Å². The number of aromatic nitrogens is 3. The minimum atomic E-state index is -0.507. The number of nitrogens with zero attached hydrogens (tertiary/aromatic N) is 4. The Labute approximate surface area is 167 Å². The molecule has 150 valence electrons. The van der Waals surface area contributed by atoms with Crippen LogP contribution in [0.25, 0.3) is 11.4 Å². The summed E-state index contributed by atoms with van der Waals surface area (Å²) in [6.07, 6.45) is 1.50. The van der Waals surface area contributed by atoms with Gasteiger partial charge in [0, 0.05) is 24.8 Å².